The molecule has 0 spiro atoms. The number of alkyl halides is 2. The van der Waals surface area contributed by atoms with Crippen molar-refractivity contribution in [2.45, 2.75) is 37.3 Å². The Hall–Kier alpha value is -1.52. The van der Waals surface area contributed by atoms with Crippen LogP contribution in [0, 0.1) is 5.92 Å². The van der Waals surface area contributed by atoms with Gasteiger partial charge in [-0.2, -0.15) is 0 Å². The molecular weight excluding hydrogens is 378 g/mol. The number of ether oxygens (including phenoxy) is 7. The molecule has 1 aliphatic heterocycles. The van der Waals surface area contributed by atoms with Crippen molar-refractivity contribution in [2.24, 2.45) is 5.92 Å². The fraction of sp³-hybridized carbons (Fsp3) is 0.684. The minimum absolute atomic E-state index is 0.00258. The van der Waals surface area contributed by atoms with Gasteiger partial charge in [-0.05, 0) is 24.6 Å². The highest BCUT2D eigenvalue weighted by molar-refractivity contribution is 5.39. The molecule has 9 heteroatoms. The smallest absolute Gasteiger partial charge is 0.281 e. The molecule has 28 heavy (non-hydrogen) atoms. The van der Waals surface area contributed by atoms with E-state index in [2.05, 4.69) is 0 Å². The largest absolute Gasteiger partial charge is 0.497 e. The fourth-order valence-electron chi connectivity index (χ4n) is 3.61. The Bertz CT molecular complexity index is 643. The lowest BCUT2D eigenvalue weighted by Gasteiger charge is -2.41. The Morgan fingerprint density at radius 3 is 2.68 bits per heavy atom. The second kappa shape index (κ2) is 9.32. The van der Waals surface area contributed by atoms with Crippen molar-refractivity contribution in [1.82, 2.24) is 0 Å². The van der Waals surface area contributed by atoms with E-state index in [0.29, 0.717) is 17.1 Å². The Morgan fingerprint density at radius 2 is 1.96 bits per heavy atom. The van der Waals surface area contributed by atoms with Crippen LogP contribution in [0.4, 0.5) is 8.78 Å². The maximum Gasteiger partial charge on any atom is 0.281 e. The Morgan fingerprint density at radius 1 is 1.14 bits per heavy atom. The Labute approximate surface area is 162 Å². The van der Waals surface area contributed by atoms with Gasteiger partial charge in [0.1, 0.15) is 31.2 Å². The number of hydrogen-bond acceptors (Lipinski definition) is 7. The first-order chi connectivity index (χ1) is 13.5. The number of hydrogen-bond donors (Lipinski definition) is 0. The molecule has 1 saturated heterocycles. The van der Waals surface area contributed by atoms with Gasteiger partial charge in [0.2, 0.25) is 0 Å². The number of halogens is 2. The molecule has 1 saturated carbocycles. The monoisotopic (exact) mass is 404 g/mol. The van der Waals surface area contributed by atoms with Crippen LogP contribution in [0.25, 0.3) is 0 Å². The third kappa shape index (κ3) is 4.38. The predicted molar refractivity (Wildman–Crippen MR) is 93.6 cm³/mol. The zero-order valence-corrected chi connectivity index (χ0v) is 16.2. The van der Waals surface area contributed by atoms with Gasteiger partial charge in [0.25, 0.3) is 5.92 Å². The van der Waals surface area contributed by atoms with E-state index >= 15 is 0 Å². The van der Waals surface area contributed by atoms with E-state index in [-0.39, 0.29) is 33.2 Å². The maximum absolute atomic E-state index is 14.9. The molecule has 1 aromatic rings. The first kappa shape index (κ1) is 21.2. The lowest BCUT2D eigenvalue weighted by Crippen LogP contribution is -2.58. The normalized spacial score (nSPS) is 28.8. The number of methoxy groups -OCH3 is 3. The van der Waals surface area contributed by atoms with Crippen molar-refractivity contribution in [3.8, 4) is 11.5 Å². The lowest BCUT2D eigenvalue weighted by molar-refractivity contribution is -0.227. The quantitative estimate of drug-likeness (QED) is 0.586. The minimum Gasteiger partial charge on any atom is -0.497 e. The summed E-state index contributed by atoms with van der Waals surface area (Å²) in [5.41, 5.74) is 0.714. The van der Waals surface area contributed by atoms with Gasteiger partial charge < -0.3 is 33.2 Å². The zero-order valence-electron chi connectivity index (χ0n) is 16.2. The Balaban J connectivity index is 1.65. The second-order valence-electron chi connectivity index (χ2n) is 6.75. The summed E-state index contributed by atoms with van der Waals surface area (Å²) in [4.78, 5) is 0. The molecular formula is C19H26F2O7. The van der Waals surface area contributed by atoms with Crippen LogP contribution in [-0.2, 0) is 30.3 Å². The molecule has 0 bridgehead atoms. The van der Waals surface area contributed by atoms with Crippen molar-refractivity contribution in [1.29, 1.82) is 0 Å². The van der Waals surface area contributed by atoms with E-state index in [1.54, 1.807) is 25.3 Å². The van der Waals surface area contributed by atoms with Crippen LogP contribution < -0.4 is 9.47 Å². The third-order valence-corrected chi connectivity index (χ3v) is 5.08. The molecule has 0 aromatic heterocycles. The van der Waals surface area contributed by atoms with E-state index in [0.717, 1.165) is 0 Å². The van der Waals surface area contributed by atoms with Crippen molar-refractivity contribution in [3.05, 3.63) is 23.8 Å². The van der Waals surface area contributed by atoms with Crippen LogP contribution in [0.3, 0.4) is 0 Å². The summed E-state index contributed by atoms with van der Waals surface area (Å²) in [6.07, 6.45) is -2.65. The lowest BCUT2D eigenvalue weighted by atomic mass is 9.80. The molecule has 158 valence electrons. The van der Waals surface area contributed by atoms with Gasteiger partial charge >= 0.3 is 0 Å². The van der Waals surface area contributed by atoms with Crippen LogP contribution in [0.1, 0.15) is 12.0 Å². The van der Waals surface area contributed by atoms with Gasteiger partial charge in [0.05, 0.1) is 39.5 Å². The summed E-state index contributed by atoms with van der Waals surface area (Å²) in [6, 6.07) is 5.26. The van der Waals surface area contributed by atoms with Crippen molar-refractivity contribution >= 4 is 0 Å². The number of benzene rings is 1. The van der Waals surface area contributed by atoms with E-state index in [1.165, 1.54) is 14.2 Å². The first-order valence-electron chi connectivity index (χ1n) is 9.01. The van der Waals surface area contributed by atoms with Gasteiger partial charge in [-0.1, -0.05) is 0 Å². The van der Waals surface area contributed by atoms with E-state index < -0.39 is 30.2 Å². The second-order valence-corrected chi connectivity index (χ2v) is 6.75. The molecule has 0 amide bonds. The maximum atomic E-state index is 14.9. The van der Waals surface area contributed by atoms with Crippen molar-refractivity contribution in [3.63, 3.8) is 0 Å². The van der Waals surface area contributed by atoms with Gasteiger partial charge in [0, 0.05) is 12.7 Å². The highest BCUT2D eigenvalue weighted by atomic mass is 19.3. The Kier molecular flexibility index (Phi) is 7.05. The van der Waals surface area contributed by atoms with Gasteiger partial charge in [-0.3, -0.25) is 0 Å². The zero-order chi connectivity index (χ0) is 20.1. The summed E-state index contributed by atoms with van der Waals surface area (Å²) in [6.45, 7) is -0.224. The highest BCUT2D eigenvalue weighted by Crippen LogP contribution is 2.45. The molecule has 0 radical (unpaired) electrons. The summed E-state index contributed by atoms with van der Waals surface area (Å²) in [5.74, 6) is -2.93. The first-order valence-corrected chi connectivity index (χ1v) is 9.01. The van der Waals surface area contributed by atoms with Gasteiger partial charge in [0.15, 0.2) is 6.10 Å². The summed E-state index contributed by atoms with van der Waals surface area (Å²) < 4.78 is 66.8. The van der Waals surface area contributed by atoms with Gasteiger partial charge in [-0.15, -0.1) is 0 Å². The van der Waals surface area contributed by atoms with E-state index in [1.807, 2.05) is 0 Å². The standard InChI is InChI=1S/C19H26F2O7/c1-22-10-26-16-7-13(19(20,21)18-17(16)27-11-28-18)9-25-8-12-6-14(23-2)4-5-15(12)24-3/h4-6,13,16-18H,7-11H2,1-3H3/t13-,16-,17+,18+/m1/s1. The molecule has 4 atom stereocenters. The van der Waals surface area contributed by atoms with E-state index in [4.69, 9.17) is 33.2 Å². The molecule has 0 unspecified atom stereocenters. The number of rotatable bonds is 9. The highest BCUT2D eigenvalue weighted by Gasteiger charge is 2.60. The summed E-state index contributed by atoms with van der Waals surface area (Å²) >= 11 is 0. The third-order valence-electron chi connectivity index (χ3n) is 5.08. The molecule has 2 aliphatic rings. The van der Waals surface area contributed by atoms with Crippen molar-refractivity contribution < 1.29 is 41.9 Å². The molecule has 2 fully saturated rings. The van der Waals surface area contributed by atoms with Crippen LogP contribution >= 0.6 is 0 Å². The fourth-order valence-corrected chi connectivity index (χ4v) is 3.61. The van der Waals surface area contributed by atoms with Crippen molar-refractivity contribution in [2.75, 3.05) is 41.5 Å². The van der Waals surface area contributed by atoms with E-state index in [9.17, 15) is 8.78 Å². The number of fused-ring (bicyclic) bond motifs is 1. The van der Waals surface area contributed by atoms with Gasteiger partial charge in [-0.25, -0.2) is 8.78 Å². The predicted octanol–water partition coefficient (Wildman–Crippen LogP) is 2.61. The average molecular weight is 404 g/mol. The van der Waals surface area contributed by atoms with Crippen LogP contribution in [0.2, 0.25) is 0 Å². The molecule has 1 aliphatic carbocycles. The van der Waals surface area contributed by atoms with Crippen LogP contribution in [-0.4, -0.2) is 65.8 Å². The minimum atomic E-state index is -3.09. The molecule has 1 aromatic carbocycles. The SMILES string of the molecule is COCO[C@@H]1C[C@H](COCc2cc(OC)ccc2OC)C(F)(F)[C@H]2OCO[C@@H]12. The topological polar surface area (TPSA) is 64.6 Å². The summed E-state index contributed by atoms with van der Waals surface area (Å²) in [5, 5.41) is 0. The molecule has 7 nitrogen and oxygen atoms in total. The molecule has 1 heterocycles. The van der Waals surface area contributed by atoms with Crippen LogP contribution in [0.15, 0.2) is 18.2 Å². The summed E-state index contributed by atoms with van der Waals surface area (Å²) in [7, 11) is 4.56. The average Bonchev–Trinajstić information content (AvgIpc) is 3.20. The molecule has 3 rings (SSSR count). The van der Waals surface area contributed by atoms with Crippen LogP contribution in [0.5, 0.6) is 11.5 Å². The molecule has 0 N–H and O–H groups in total.